The topological polar surface area (TPSA) is 92.5 Å². The molecule has 0 saturated carbocycles. The summed E-state index contributed by atoms with van der Waals surface area (Å²) in [6.07, 6.45) is 2.70. The molecule has 0 fully saturated rings. The summed E-state index contributed by atoms with van der Waals surface area (Å²) in [4.78, 5) is 21.0. The van der Waals surface area contributed by atoms with Gasteiger partial charge in [0.05, 0.1) is 16.6 Å². The number of carbonyl (C=O) groups is 1. The lowest BCUT2D eigenvalue weighted by molar-refractivity contribution is -0.384. The van der Waals surface area contributed by atoms with Gasteiger partial charge in [-0.1, -0.05) is 6.92 Å². The van der Waals surface area contributed by atoms with E-state index >= 15 is 0 Å². The van der Waals surface area contributed by atoms with Crippen molar-refractivity contribution in [2.45, 2.75) is 18.6 Å². The highest BCUT2D eigenvalue weighted by Crippen LogP contribution is 2.28. The van der Waals surface area contributed by atoms with Crippen LogP contribution in [-0.2, 0) is 0 Å². The van der Waals surface area contributed by atoms with Crippen LogP contribution in [0, 0.1) is 15.9 Å². The molecule has 1 atom stereocenters. The zero-order chi connectivity index (χ0) is 15.3. The fourth-order valence-corrected chi connectivity index (χ4v) is 1.90. The van der Waals surface area contributed by atoms with Gasteiger partial charge in [-0.2, -0.15) is 11.8 Å². The van der Waals surface area contributed by atoms with Gasteiger partial charge in [-0.05, 0) is 18.7 Å². The molecular formula is C12H15FN2O4S. The Morgan fingerprint density at radius 1 is 1.60 bits per heavy atom. The van der Waals surface area contributed by atoms with Crippen molar-refractivity contribution in [3.8, 4) is 0 Å². The van der Waals surface area contributed by atoms with Gasteiger partial charge in [-0.25, -0.2) is 9.18 Å². The summed E-state index contributed by atoms with van der Waals surface area (Å²) in [5.41, 5.74) is -1.04. The first kappa shape index (κ1) is 16.2. The molecule has 0 spiro atoms. The molecule has 2 N–H and O–H groups in total. The summed E-state index contributed by atoms with van der Waals surface area (Å²) in [6.45, 7) is 2.45. The Kier molecular flexibility index (Phi) is 5.75. The Labute approximate surface area is 119 Å². The number of thioether (sulfide) groups is 1. The summed E-state index contributed by atoms with van der Waals surface area (Å²) in [7, 11) is 0. The maximum atomic E-state index is 13.4. The summed E-state index contributed by atoms with van der Waals surface area (Å²) < 4.78 is 13.4. The lowest BCUT2D eigenvalue weighted by Crippen LogP contribution is -2.11. The van der Waals surface area contributed by atoms with E-state index in [4.69, 9.17) is 5.11 Å². The van der Waals surface area contributed by atoms with Gasteiger partial charge in [0.25, 0.3) is 5.69 Å². The number of anilines is 1. The number of aromatic carboxylic acids is 1. The molecule has 1 aromatic rings. The predicted octanol–water partition coefficient (Wildman–Crippen LogP) is 2.99. The summed E-state index contributed by atoms with van der Waals surface area (Å²) >= 11 is 1.65. The van der Waals surface area contributed by atoms with Crippen molar-refractivity contribution in [2.24, 2.45) is 0 Å². The maximum absolute atomic E-state index is 13.4. The van der Waals surface area contributed by atoms with Crippen molar-refractivity contribution >= 4 is 29.1 Å². The molecular weight excluding hydrogens is 287 g/mol. The lowest BCUT2D eigenvalue weighted by atomic mass is 10.1. The Hall–Kier alpha value is -1.83. The van der Waals surface area contributed by atoms with Gasteiger partial charge in [0.1, 0.15) is 11.5 Å². The average molecular weight is 302 g/mol. The number of benzene rings is 1. The molecule has 1 rings (SSSR count). The van der Waals surface area contributed by atoms with Crippen LogP contribution in [0.15, 0.2) is 12.1 Å². The highest BCUT2D eigenvalue weighted by molar-refractivity contribution is 7.99. The molecule has 0 bridgehead atoms. The molecule has 0 aromatic heterocycles. The van der Waals surface area contributed by atoms with E-state index in [2.05, 4.69) is 5.32 Å². The molecule has 8 heteroatoms. The Bertz CT molecular complexity index is 524. The summed E-state index contributed by atoms with van der Waals surface area (Å²) in [5, 5.41) is 22.8. The van der Waals surface area contributed by atoms with Crippen LogP contribution < -0.4 is 5.32 Å². The minimum Gasteiger partial charge on any atom is -0.478 e. The molecule has 0 aliphatic rings. The molecule has 6 nitrogen and oxygen atoms in total. The summed E-state index contributed by atoms with van der Waals surface area (Å²) in [6, 6.07) is 1.59. The third-order valence-corrected chi connectivity index (χ3v) is 3.82. The molecule has 0 saturated heterocycles. The number of carboxylic acid groups (broad SMARTS) is 1. The van der Waals surface area contributed by atoms with Crippen LogP contribution >= 0.6 is 11.8 Å². The number of nitrogens with zero attached hydrogens (tertiary/aromatic N) is 1. The molecule has 20 heavy (non-hydrogen) atoms. The van der Waals surface area contributed by atoms with Crippen molar-refractivity contribution in [1.82, 2.24) is 0 Å². The quantitative estimate of drug-likeness (QED) is 0.594. The highest BCUT2D eigenvalue weighted by Gasteiger charge is 2.21. The van der Waals surface area contributed by atoms with Gasteiger partial charge < -0.3 is 10.4 Å². The van der Waals surface area contributed by atoms with Crippen LogP contribution in [0.4, 0.5) is 15.8 Å². The standard InChI is InChI=1S/C12H15FN2O4S/c1-7(20-2)3-4-14-10-5-8(12(16)17)9(13)6-11(10)15(18)19/h5-7,14H,3-4H2,1-2H3,(H,16,17). The number of hydrogen-bond acceptors (Lipinski definition) is 5. The minimum atomic E-state index is -1.46. The number of rotatable bonds is 7. The Morgan fingerprint density at radius 3 is 2.75 bits per heavy atom. The molecule has 0 aliphatic carbocycles. The molecule has 0 amide bonds. The Morgan fingerprint density at radius 2 is 2.25 bits per heavy atom. The van der Waals surface area contributed by atoms with E-state index in [0.29, 0.717) is 17.9 Å². The smallest absolute Gasteiger partial charge is 0.338 e. The zero-order valence-corrected chi connectivity index (χ0v) is 11.9. The highest BCUT2D eigenvalue weighted by atomic mass is 32.2. The van der Waals surface area contributed by atoms with Gasteiger partial charge in [-0.3, -0.25) is 10.1 Å². The van der Waals surface area contributed by atoms with Crippen LogP contribution in [0.2, 0.25) is 0 Å². The van der Waals surface area contributed by atoms with E-state index in [9.17, 15) is 19.3 Å². The van der Waals surface area contributed by atoms with E-state index in [1.807, 2.05) is 13.2 Å². The molecule has 0 aliphatic heterocycles. The number of nitro groups is 1. The SMILES string of the molecule is CSC(C)CCNc1cc(C(=O)O)c(F)cc1[N+](=O)[O-]. The van der Waals surface area contributed by atoms with Crippen LogP contribution in [-0.4, -0.2) is 34.0 Å². The largest absolute Gasteiger partial charge is 0.478 e. The third kappa shape index (κ3) is 4.09. The van der Waals surface area contributed by atoms with Crippen molar-refractivity contribution in [3.63, 3.8) is 0 Å². The first-order valence-corrected chi connectivity index (χ1v) is 7.13. The average Bonchev–Trinajstić information content (AvgIpc) is 2.39. The first-order chi connectivity index (χ1) is 9.36. The van der Waals surface area contributed by atoms with Gasteiger partial charge in [0.2, 0.25) is 0 Å². The van der Waals surface area contributed by atoms with Crippen molar-refractivity contribution in [1.29, 1.82) is 0 Å². The molecule has 0 heterocycles. The fraction of sp³-hybridized carbons (Fsp3) is 0.417. The number of halogens is 1. The monoisotopic (exact) mass is 302 g/mol. The van der Waals surface area contributed by atoms with Crippen LogP contribution in [0.3, 0.4) is 0 Å². The number of carboxylic acids is 1. The van der Waals surface area contributed by atoms with Crippen molar-refractivity contribution in [2.75, 3.05) is 18.1 Å². The van der Waals surface area contributed by atoms with E-state index < -0.39 is 28.0 Å². The second-order valence-electron chi connectivity index (χ2n) is 4.17. The van der Waals surface area contributed by atoms with Crippen molar-refractivity contribution < 1.29 is 19.2 Å². The maximum Gasteiger partial charge on any atom is 0.338 e. The lowest BCUT2D eigenvalue weighted by Gasteiger charge is -2.11. The van der Waals surface area contributed by atoms with Crippen LogP contribution in [0.5, 0.6) is 0 Å². The number of hydrogen-bond donors (Lipinski definition) is 2. The molecule has 1 unspecified atom stereocenters. The van der Waals surface area contributed by atoms with Crippen LogP contribution in [0.1, 0.15) is 23.7 Å². The number of nitrogens with one attached hydrogen (secondary N) is 1. The minimum absolute atomic E-state index is 0.0158. The van der Waals surface area contributed by atoms with Crippen molar-refractivity contribution in [3.05, 3.63) is 33.6 Å². The van der Waals surface area contributed by atoms with E-state index in [1.54, 1.807) is 11.8 Å². The predicted molar refractivity (Wildman–Crippen MR) is 76.1 cm³/mol. The Balaban J connectivity index is 2.99. The second-order valence-corrected chi connectivity index (χ2v) is 5.45. The van der Waals surface area contributed by atoms with Gasteiger partial charge >= 0.3 is 5.97 Å². The van der Waals surface area contributed by atoms with Gasteiger partial charge in [-0.15, -0.1) is 0 Å². The molecule has 0 radical (unpaired) electrons. The van der Waals surface area contributed by atoms with E-state index in [-0.39, 0.29) is 5.69 Å². The van der Waals surface area contributed by atoms with E-state index in [0.717, 1.165) is 12.5 Å². The van der Waals surface area contributed by atoms with Crippen LogP contribution in [0.25, 0.3) is 0 Å². The van der Waals surface area contributed by atoms with Gasteiger partial charge in [0, 0.05) is 11.8 Å². The van der Waals surface area contributed by atoms with Gasteiger partial charge in [0.15, 0.2) is 0 Å². The van der Waals surface area contributed by atoms with E-state index in [1.165, 1.54) is 0 Å². The first-order valence-electron chi connectivity index (χ1n) is 5.84. The number of nitro benzene ring substituents is 1. The fourth-order valence-electron chi connectivity index (χ4n) is 1.55. The molecule has 110 valence electrons. The summed E-state index contributed by atoms with van der Waals surface area (Å²) in [5.74, 6) is -2.58. The molecule has 1 aromatic carbocycles. The normalized spacial score (nSPS) is 11.9. The zero-order valence-electron chi connectivity index (χ0n) is 11.1. The second kappa shape index (κ2) is 7.09. The third-order valence-electron chi connectivity index (χ3n) is 2.78.